The molecule has 0 saturated carbocycles. The molecule has 0 aliphatic carbocycles. The van der Waals surface area contributed by atoms with Crippen molar-refractivity contribution in [3.63, 3.8) is 0 Å². The molecule has 0 aromatic carbocycles. The molecule has 1 aromatic rings. The summed E-state index contributed by atoms with van der Waals surface area (Å²) in [5.74, 6) is -0.917. The Kier molecular flexibility index (Phi) is 2.89. The van der Waals surface area contributed by atoms with Gasteiger partial charge in [0.2, 0.25) is 0 Å². The van der Waals surface area contributed by atoms with Gasteiger partial charge in [-0.25, -0.2) is 4.79 Å². The summed E-state index contributed by atoms with van der Waals surface area (Å²) in [6.45, 7) is 1.54. The van der Waals surface area contributed by atoms with E-state index in [2.05, 4.69) is 0 Å². The lowest BCUT2D eigenvalue weighted by atomic mass is 10.2. The Balaban J connectivity index is 2.95. The van der Waals surface area contributed by atoms with Crippen LogP contribution in [0.25, 0.3) is 6.08 Å². The van der Waals surface area contributed by atoms with E-state index in [9.17, 15) is 4.79 Å². The average molecular weight is 203 g/mol. The number of halogens is 1. The molecule has 0 fully saturated rings. The lowest BCUT2D eigenvalue weighted by Crippen LogP contribution is -1.94. The highest BCUT2D eigenvalue weighted by Gasteiger charge is 2.03. The van der Waals surface area contributed by atoms with Crippen LogP contribution in [0.4, 0.5) is 0 Å². The first-order valence-electron chi connectivity index (χ1n) is 3.26. The minimum atomic E-state index is -0.917. The fraction of sp³-hybridized carbons (Fsp3) is 0.125. The molecule has 0 spiro atoms. The average Bonchev–Trinajstić information content (AvgIpc) is 2.36. The first kappa shape index (κ1) is 9.29. The highest BCUT2D eigenvalue weighted by Crippen LogP contribution is 2.24. The number of thiophene rings is 1. The van der Waals surface area contributed by atoms with Gasteiger partial charge >= 0.3 is 5.97 Å². The van der Waals surface area contributed by atoms with Crippen molar-refractivity contribution in [2.45, 2.75) is 6.92 Å². The number of hydrogen-bond acceptors (Lipinski definition) is 2. The van der Waals surface area contributed by atoms with Crippen LogP contribution in [0.3, 0.4) is 0 Å². The summed E-state index contributed by atoms with van der Waals surface area (Å²) in [4.78, 5) is 11.2. The van der Waals surface area contributed by atoms with Gasteiger partial charge in [-0.15, -0.1) is 11.3 Å². The van der Waals surface area contributed by atoms with Crippen LogP contribution in [-0.4, -0.2) is 11.1 Å². The van der Waals surface area contributed by atoms with E-state index < -0.39 is 5.97 Å². The zero-order valence-corrected chi connectivity index (χ0v) is 7.95. The van der Waals surface area contributed by atoms with Crippen LogP contribution < -0.4 is 0 Å². The molecule has 0 aliphatic heterocycles. The van der Waals surface area contributed by atoms with Gasteiger partial charge in [-0.2, -0.15) is 0 Å². The Labute approximate surface area is 79.1 Å². The smallest absolute Gasteiger partial charge is 0.331 e. The fourth-order valence-corrected chi connectivity index (χ4v) is 1.77. The van der Waals surface area contributed by atoms with Gasteiger partial charge in [0.15, 0.2) is 0 Å². The lowest BCUT2D eigenvalue weighted by molar-refractivity contribution is -0.132. The Bertz CT molecular complexity index is 328. The van der Waals surface area contributed by atoms with Crippen LogP contribution in [0, 0.1) is 0 Å². The van der Waals surface area contributed by atoms with Crippen LogP contribution in [0.5, 0.6) is 0 Å². The largest absolute Gasteiger partial charge is 0.478 e. The molecule has 1 heterocycles. The summed E-state index contributed by atoms with van der Waals surface area (Å²) in [6.07, 6.45) is 1.56. The first-order chi connectivity index (χ1) is 5.61. The van der Waals surface area contributed by atoms with Crippen molar-refractivity contribution < 1.29 is 9.90 Å². The molecule has 12 heavy (non-hydrogen) atoms. The summed E-state index contributed by atoms with van der Waals surface area (Å²) in [5.41, 5.74) is 0.291. The van der Waals surface area contributed by atoms with E-state index in [1.165, 1.54) is 11.3 Å². The quantitative estimate of drug-likeness (QED) is 0.749. The van der Waals surface area contributed by atoms with Gasteiger partial charge in [-0.05, 0) is 24.4 Å². The first-order valence-corrected chi connectivity index (χ1v) is 4.51. The molecule has 1 rings (SSSR count). The zero-order valence-electron chi connectivity index (χ0n) is 6.37. The van der Waals surface area contributed by atoms with Crippen LogP contribution in [0.2, 0.25) is 5.02 Å². The zero-order chi connectivity index (χ0) is 9.14. The topological polar surface area (TPSA) is 37.3 Å². The van der Waals surface area contributed by atoms with Crippen molar-refractivity contribution in [1.82, 2.24) is 0 Å². The number of carboxylic acids is 1. The minimum absolute atomic E-state index is 0.291. The fourth-order valence-electron chi connectivity index (χ4n) is 0.667. The molecular weight excluding hydrogens is 196 g/mol. The van der Waals surface area contributed by atoms with Crippen molar-refractivity contribution in [2.24, 2.45) is 0 Å². The molecule has 2 nitrogen and oxygen atoms in total. The maximum absolute atomic E-state index is 10.4. The van der Waals surface area contributed by atoms with Gasteiger partial charge in [0.05, 0.1) is 5.02 Å². The molecule has 64 valence electrons. The Morgan fingerprint density at radius 2 is 2.42 bits per heavy atom. The number of aliphatic carboxylic acids is 1. The number of carbonyl (C=O) groups is 1. The van der Waals surface area contributed by atoms with E-state index >= 15 is 0 Å². The summed E-state index contributed by atoms with van der Waals surface area (Å²) in [5, 5.41) is 11.0. The summed E-state index contributed by atoms with van der Waals surface area (Å²) in [7, 11) is 0. The summed E-state index contributed by atoms with van der Waals surface area (Å²) in [6, 6.07) is 1.74. The van der Waals surface area contributed by atoms with Gasteiger partial charge in [0, 0.05) is 10.5 Å². The van der Waals surface area contributed by atoms with Crippen molar-refractivity contribution in [3.05, 3.63) is 26.9 Å². The molecule has 0 unspecified atom stereocenters. The van der Waals surface area contributed by atoms with Crippen LogP contribution in [-0.2, 0) is 4.79 Å². The van der Waals surface area contributed by atoms with E-state index in [1.54, 1.807) is 19.1 Å². The number of carboxylic acid groups (broad SMARTS) is 1. The van der Waals surface area contributed by atoms with E-state index in [4.69, 9.17) is 16.7 Å². The van der Waals surface area contributed by atoms with Crippen molar-refractivity contribution in [1.29, 1.82) is 0 Å². The van der Waals surface area contributed by atoms with Gasteiger partial charge in [0.1, 0.15) is 0 Å². The van der Waals surface area contributed by atoms with E-state index in [1.807, 2.05) is 5.38 Å². The van der Waals surface area contributed by atoms with Crippen LogP contribution in [0.15, 0.2) is 17.0 Å². The second-order valence-electron chi connectivity index (χ2n) is 2.27. The highest BCUT2D eigenvalue weighted by atomic mass is 35.5. The predicted octanol–water partition coefficient (Wildman–Crippen LogP) is 2.89. The molecule has 0 saturated heterocycles. The van der Waals surface area contributed by atoms with Gasteiger partial charge < -0.3 is 5.11 Å². The SMILES string of the molecule is C/C(=C\c1sccc1Cl)C(=O)O. The Hall–Kier alpha value is -0.800. The number of hydrogen-bond donors (Lipinski definition) is 1. The molecule has 4 heteroatoms. The second kappa shape index (κ2) is 3.74. The normalized spacial score (nSPS) is 11.7. The maximum atomic E-state index is 10.4. The maximum Gasteiger partial charge on any atom is 0.331 e. The third-order valence-corrected chi connectivity index (χ3v) is 2.64. The Morgan fingerprint density at radius 3 is 2.83 bits per heavy atom. The molecule has 1 N–H and O–H groups in total. The van der Waals surface area contributed by atoms with Crippen molar-refractivity contribution >= 4 is 35.0 Å². The molecular formula is C8H7ClO2S. The van der Waals surface area contributed by atoms with Gasteiger partial charge in [-0.1, -0.05) is 11.6 Å². The van der Waals surface area contributed by atoms with Crippen molar-refractivity contribution in [2.75, 3.05) is 0 Å². The third-order valence-electron chi connectivity index (χ3n) is 1.33. The highest BCUT2D eigenvalue weighted by molar-refractivity contribution is 7.11. The van der Waals surface area contributed by atoms with E-state index in [0.717, 1.165) is 4.88 Å². The predicted molar refractivity (Wildman–Crippen MR) is 50.6 cm³/mol. The standard InChI is InChI=1S/C8H7ClO2S/c1-5(8(10)11)4-7-6(9)2-3-12-7/h2-4H,1H3,(H,10,11)/b5-4+. The molecule has 1 aromatic heterocycles. The monoisotopic (exact) mass is 202 g/mol. The lowest BCUT2D eigenvalue weighted by Gasteiger charge is -1.91. The molecule has 0 bridgehead atoms. The van der Waals surface area contributed by atoms with Crippen LogP contribution >= 0.6 is 22.9 Å². The van der Waals surface area contributed by atoms with Gasteiger partial charge in [-0.3, -0.25) is 0 Å². The third kappa shape index (κ3) is 2.09. The molecule has 0 atom stereocenters. The number of rotatable bonds is 2. The summed E-state index contributed by atoms with van der Waals surface area (Å²) >= 11 is 7.19. The van der Waals surface area contributed by atoms with Gasteiger partial charge in [0.25, 0.3) is 0 Å². The van der Waals surface area contributed by atoms with E-state index in [0.29, 0.717) is 10.6 Å². The minimum Gasteiger partial charge on any atom is -0.478 e. The molecule has 0 amide bonds. The van der Waals surface area contributed by atoms with Crippen LogP contribution in [0.1, 0.15) is 11.8 Å². The van der Waals surface area contributed by atoms with E-state index in [-0.39, 0.29) is 0 Å². The summed E-state index contributed by atoms with van der Waals surface area (Å²) < 4.78 is 0. The Morgan fingerprint density at radius 1 is 1.75 bits per heavy atom. The second-order valence-corrected chi connectivity index (χ2v) is 3.62. The molecule has 0 aliphatic rings. The molecule has 0 radical (unpaired) electrons. The van der Waals surface area contributed by atoms with Crippen molar-refractivity contribution in [3.8, 4) is 0 Å².